The first-order valence-corrected chi connectivity index (χ1v) is 6.67. The van der Waals surface area contributed by atoms with Gasteiger partial charge in [0.1, 0.15) is 22.7 Å². The Balaban J connectivity index is 2.17. The van der Waals surface area contributed by atoms with E-state index in [0.717, 1.165) is 46.3 Å². The number of hydrogen-bond donors (Lipinski definition) is 0. The summed E-state index contributed by atoms with van der Waals surface area (Å²) in [5.74, 6) is 2.56. The van der Waals surface area contributed by atoms with Crippen molar-refractivity contribution in [3.05, 3.63) is 35.8 Å². The molecule has 0 aliphatic heterocycles. The zero-order chi connectivity index (χ0) is 12.7. The van der Waals surface area contributed by atoms with E-state index in [2.05, 4.69) is 45.0 Å². The molecule has 0 saturated heterocycles. The Hall–Kier alpha value is -1.70. The van der Waals surface area contributed by atoms with E-state index in [0.29, 0.717) is 5.92 Å². The number of furan rings is 2. The fourth-order valence-corrected chi connectivity index (χ4v) is 2.27. The van der Waals surface area contributed by atoms with E-state index in [1.165, 1.54) is 0 Å². The van der Waals surface area contributed by atoms with Crippen molar-refractivity contribution in [1.82, 2.24) is 0 Å². The Bertz CT molecular complexity index is 637. The summed E-state index contributed by atoms with van der Waals surface area (Å²) in [7, 11) is 0. The van der Waals surface area contributed by atoms with Crippen LogP contribution in [-0.2, 0) is 6.42 Å². The zero-order valence-electron chi connectivity index (χ0n) is 11.1. The fourth-order valence-electron chi connectivity index (χ4n) is 2.27. The van der Waals surface area contributed by atoms with Gasteiger partial charge >= 0.3 is 0 Å². The van der Waals surface area contributed by atoms with Crippen molar-refractivity contribution >= 4 is 21.9 Å². The summed E-state index contributed by atoms with van der Waals surface area (Å²) >= 11 is 0. The Morgan fingerprint density at radius 1 is 0.944 bits per heavy atom. The molecule has 0 spiro atoms. The van der Waals surface area contributed by atoms with Crippen LogP contribution in [0.4, 0.5) is 0 Å². The molecule has 0 bridgehead atoms. The highest BCUT2D eigenvalue weighted by Crippen LogP contribution is 2.31. The minimum atomic E-state index is 0.468. The smallest absolute Gasteiger partial charge is 0.135 e. The fraction of sp³-hybridized carbons (Fsp3) is 0.375. The first-order chi connectivity index (χ1) is 8.71. The molecule has 0 saturated carbocycles. The molecule has 1 atom stereocenters. The molecule has 2 aromatic heterocycles. The molecule has 2 heterocycles. The van der Waals surface area contributed by atoms with Gasteiger partial charge in [0.2, 0.25) is 0 Å². The van der Waals surface area contributed by atoms with Gasteiger partial charge in [-0.15, -0.1) is 0 Å². The predicted molar refractivity (Wildman–Crippen MR) is 74.1 cm³/mol. The first-order valence-electron chi connectivity index (χ1n) is 6.67. The van der Waals surface area contributed by atoms with Gasteiger partial charge in [-0.3, -0.25) is 0 Å². The average Bonchev–Trinajstić information content (AvgIpc) is 2.96. The molecule has 2 nitrogen and oxygen atoms in total. The molecule has 0 aliphatic rings. The molecule has 0 N–H and O–H groups in total. The normalized spacial score (nSPS) is 13.5. The molecule has 0 radical (unpaired) electrons. The summed E-state index contributed by atoms with van der Waals surface area (Å²) in [6.07, 6.45) is 2.02. The van der Waals surface area contributed by atoms with E-state index in [1.54, 1.807) is 0 Å². The van der Waals surface area contributed by atoms with Gasteiger partial charge in [0.25, 0.3) is 0 Å². The maximum atomic E-state index is 5.93. The molecule has 3 rings (SSSR count). The zero-order valence-corrected chi connectivity index (χ0v) is 11.1. The molecule has 0 aliphatic carbocycles. The highest BCUT2D eigenvalue weighted by molar-refractivity contribution is 5.93. The van der Waals surface area contributed by atoms with Crippen molar-refractivity contribution in [2.75, 3.05) is 0 Å². The maximum Gasteiger partial charge on any atom is 0.135 e. The molecule has 1 aromatic carbocycles. The van der Waals surface area contributed by atoms with E-state index >= 15 is 0 Å². The van der Waals surface area contributed by atoms with Crippen LogP contribution in [0.1, 0.15) is 44.6 Å². The van der Waals surface area contributed by atoms with Gasteiger partial charge in [0, 0.05) is 23.1 Å². The number of aryl methyl sites for hydroxylation is 1. The minimum Gasteiger partial charge on any atom is -0.461 e. The third-order valence-electron chi connectivity index (χ3n) is 3.67. The summed E-state index contributed by atoms with van der Waals surface area (Å²) < 4.78 is 11.7. The van der Waals surface area contributed by atoms with E-state index < -0.39 is 0 Å². The summed E-state index contributed by atoms with van der Waals surface area (Å²) in [6.45, 7) is 6.47. The van der Waals surface area contributed by atoms with Crippen LogP contribution in [0.5, 0.6) is 0 Å². The summed E-state index contributed by atoms with van der Waals surface area (Å²) in [5.41, 5.74) is 1.91. The summed E-state index contributed by atoms with van der Waals surface area (Å²) in [6, 6.07) is 8.40. The molecule has 2 heteroatoms. The largest absolute Gasteiger partial charge is 0.461 e. The van der Waals surface area contributed by atoms with Crippen molar-refractivity contribution in [3.8, 4) is 0 Å². The third-order valence-corrected chi connectivity index (χ3v) is 3.67. The Kier molecular flexibility index (Phi) is 2.66. The van der Waals surface area contributed by atoms with Crippen LogP contribution in [0.3, 0.4) is 0 Å². The molecule has 0 amide bonds. The van der Waals surface area contributed by atoms with Crippen LogP contribution >= 0.6 is 0 Å². The second-order valence-electron chi connectivity index (χ2n) is 4.95. The number of fused-ring (bicyclic) bond motifs is 2. The Labute approximate surface area is 107 Å². The standard InChI is InChI=1S/C16H18O2/c1-4-10(3)14-7-12-9-15-11(8-16(12)18-14)6-13(5-2)17-15/h6-10H,4-5H2,1-3H3. The lowest BCUT2D eigenvalue weighted by atomic mass is 10.1. The quantitative estimate of drug-likeness (QED) is 0.626. The van der Waals surface area contributed by atoms with E-state index in [9.17, 15) is 0 Å². The second-order valence-corrected chi connectivity index (χ2v) is 4.95. The summed E-state index contributed by atoms with van der Waals surface area (Å²) in [5, 5.41) is 2.26. The molecule has 0 fully saturated rings. The van der Waals surface area contributed by atoms with Gasteiger partial charge in [-0.2, -0.15) is 0 Å². The van der Waals surface area contributed by atoms with Crippen LogP contribution in [0.2, 0.25) is 0 Å². The van der Waals surface area contributed by atoms with Crippen molar-refractivity contribution in [2.45, 2.75) is 39.5 Å². The Morgan fingerprint density at radius 3 is 2.28 bits per heavy atom. The molecule has 1 unspecified atom stereocenters. The highest BCUT2D eigenvalue weighted by atomic mass is 16.3. The second kappa shape index (κ2) is 4.20. The summed E-state index contributed by atoms with van der Waals surface area (Å²) in [4.78, 5) is 0. The Morgan fingerprint density at radius 2 is 1.61 bits per heavy atom. The molecular formula is C16H18O2. The lowest BCUT2D eigenvalue weighted by Gasteiger charge is -2.01. The third kappa shape index (κ3) is 1.72. The number of hydrogen-bond acceptors (Lipinski definition) is 2. The van der Waals surface area contributed by atoms with Gasteiger partial charge in [-0.05, 0) is 30.7 Å². The highest BCUT2D eigenvalue weighted by Gasteiger charge is 2.12. The van der Waals surface area contributed by atoms with Crippen LogP contribution in [-0.4, -0.2) is 0 Å². The van der Waals surface area contributed by atoms with E-state index in [4.69, 9.17) is 8.83 Å². The maximum absolute atomic E-state index is 5.93. The number of rotatable bonds is 3. The molecular weight excluding hydrogens is 224 g/mol. The monoisotopic (exact) mass is 242 g/mol. The average molecular weight is 242 g/mol. The van der Waals surface area contributed by atoms with E-state index in [-0.39, 0.29) is 0 Å². The van der Waals surface area contributed by atoms with Crippen molar-refractivity contribution < 1.29 is 8.83 Å². The van der Waals surface area contributed by atoms with Crippen LogP contribution in [0.15, 0.2) is 33.1 Å². The minimum absolute atomic E-state index is 0.468. The molecule has 94 valence electrons. The van der Waals surface area contributed by atoms with Gasteiger partial charge in [-0.1, -0.05) is 20.8 Å². The van der Waals surface area contributed by atoms with E-state index in [1.807, 2.05) is 0 Å². The topological polar surface area (TPSA) is 26.3 Å². The van der Waals surface area contributed by atoms with Gasteiger partial charge in [-0.25, -0.2) is 0 Å². The first kappa shape index (κ1) is 11.4. The van der Waals surface area contributed by atoms with Crippen molar-refractivity contribution in [1.29, 1.82) is 0 Å². The van der Waals surface area contributed by atoms with Gasteiger partial charge < -0.3 is 8.83 Å². The number of benzene rings is 1. The molecule has 3 aromatic rings. The van der Waals surface area contributed by atoms with Gasteiger partial charge in [0.15, 0.2) is 0 Å². The van der Waals surface area contributed by atoms with Gasteiger partial charge in [0.05, 0.1) is 0 Å². The lowest BCUT2D eigenvalue weighted by molar-refractivity contribution is 0.499. The van der Waals surface area contributed by atoms with Crippen molar-refractivity contribution in [2.24, 2.45) is 0 Å². The lowest BCUT2D eigenvalue weighted by Crippen LogP contribution is -1.86. The predicted octanol–water partition coefficient (Wildman–Crippen LogP) is 5.25. The van der Waals surface area contributed by atoms with Crippen molar-refractivity contribution in [3.63, 3.8) is 0 Å². The van der Waals surface area contributed by atoms with Crippen LogP contribution < -0.4 is 0 Å². The molecule has 18 heavy (non-hydrogen) atoms. The van der Waals surface area contributed by atoms with Crippen LogP contribution in [0, 0.1) is 0 Å². The SMILES string of the molecule is CCc1cc2cc3oc(C(C)CC)cc3cc2o1. The van der Waals surface area contributed by atoms with Crippen LogP contribution in [0.25, 0.3) is 21.9 Å².